The van der Waals surface area contributed by atoms with Crippen molar-refractivity contribution >= 4 is 5.97 Å². The molecule has 1 heterocycles. The van der Waals surface area contributed by atoms with Crippen LogP contribution in [-0.4, -0.2) is 28.2 Å². The molecule has 15 heavy (non-hydrogen) atoms. The summed E-state index contributed by atoms with van der Waals surface area (Å²) >= 11 is 0. The Labute approximate surface area is 85.9 Å². The molecule has 0 aliphatic carbocycles. The maximum atomic E-state index is 11.1. The number of aromatic nitrogens is 2. The minimum absolute atomic E-state index is 0.168. The molecule has 2 N–H and O–H groups in total. The Bertz CT molecular complexity index is 413. The number of aliphatic carboxylic acids is 1. The van der Waals surface area contributed by atoms with Gasteiger partial charge in [0.2, 0.25) is 5.88 Å². The predicted molar refractivity (Wildman–Crippen MR) is 51.9 cm³/mol. The van der Waals surface area contributed by atoms with Gasteiger partial charge in [-0.2, -0.15) is 0 Å². The number of nitrogens with zero attached hydrogens (tertiary/aromatic N) is 1. The molecule has 1 unspecified atom stereocenters. The Hall–Kier alpha value is -1.85. The molecule has 82 valence electrons. The Kier molecular flexibility index (Phi) is 3.43. The highest BCUT2D eigenvalue weighted by Crippen LogP contribution is 2.06. The van der Waals surface area contributed by atoms with Crippen LogP contribution in [0.4, 0.5) is 0 Å². The molecule has 0 saturated carbocycles. The van der Waals surface area contributed by atoms with Crippen LogP contribution in [0.3, 0.4) is 0 Å². The number of rotatable bonds is 4. The zero-order valence-corrected chi connectivity index (χ0v) is 8.48. The number of H-pyrrole nitrogens is 1. The summed E-state index contributed by atoms with van der Waals surface area (Å²) in [4.78, 5) is 28.1. The Morgan fingerprint density at radius 3 is 2.93 bits per heavy atom. The molecule has 0 aliphatic rings. The van der Waals surface area contributed by atoms with E-state index < -0.39 is 11.9 Å². The van der Waals surface area contributed by atoms with Crippen molar-refractivity contribution in [2.24, 2.45) is 5.92 Å². The summed E-state index contributed by atoms with van der Waals surface area (Å²) in [6.07, 6.45) is 0.168. The van der Waals surface area contributed by atoms with Gasteiger partial charge in [0.15, 0.2) is 0 Å². The molecule has 0 fully saturated rings. The van der Waals surface area contributed by atoms with Crippen molar-refractivity contribution in [1.82, 2.24) is 9.97 Å². The number of ether oxygens (including phenoxy) is 1. The van der Waals surface area contributed by atoms with Gasteiger partial charge in [-0.1, -0.05) is 6.92 Å². The highest BCUT2D eigenvalue weighted by atomic mass is 16.5. The van der Waals surface area contributed by atoms with Crippen molar-refractivity contribution < 1.29 is 14.6 Å². The molecule has 1 aromatic heterocycles. The smallest absolute Gasteiger partial charge is 0.306 e. The fourth-order valence-corrected chi connectivity index (χ4v) is 1.06. The Morgan fingerprint density at radius 2 is 2.40 bits per heavy atom. The SMILES string of the molecule is COc1cc(=O)[nH]c(CC(C)C(=O)O)n1. The number of carboxylic acids is 1. The maximum Gasteiger partial charge on any atom is 0.306 e. The van der Waals surface area contributed by atoms with Crippen LogP contribution in [0.15, 0.2) is 10.9 Å². The van der Waals surface area contributed by atoms with Crippen molar-refractivity contribution in [2.75, 3.05) is 7.11 Å². The average molecular weight is 212 g/mol. The topological polar surface area (TPSA) is 92.3 Å². The monoisotopic (exact) mass is 212 g/mol. The number of carboxylic acid groups (broad SMARTS) is 1. The lowest BCUT2D eigenvalue weighted by Gasteiger charge is -2.06. The molecule has 0 aromatic carbocycles. The third kappa shape index (κ3) is 3.08. The predicted octanol–water partition coefficient (Wildman–Crippen LogP) is 0.0417. The third-order valence-electron chi connectivity index (χ3n) is 1.90. The summed E-state index contributed by atoms with van der Waals surface area (Å²) < 4.78 is 4.80. The fraction of sp³-hybridized carbons (Fsp3) is 0.444. The van der Waals surface area contributed by atoms with Crippen molar-refractivity contribution in [3.63, 3.8) is 0 Å². The molecule has 6 nitrogen and oxygen atoms in total. The van der Waals surface area contributed by atoms with Crippen molar-refractivity contribution in [3.8, 4) is 5.88 Å². The van der Waals surface area contributed by atoms with E-state index >= 15 is 0 Å². The molecule has 0 saturated heterocycles. The molecule has 1 atom stereocenters. The zero-order chi connectivity index (χ0) is 11.4. The minimum atomic E-state index is -0.930. The second-order valence-electron chi connectivity index (χ2n) is 3.18. The van der Waals surface area contributed by atoms with E-state index in [1.807, 2.05) is 0 Å². The van der Waals surface area contributed by atoms with Crippen LogP contribution in [0.2, 0.25) is 0 Å². The van der Waals surface area contributed by atoms with E-state index in [-0.39, 0.29) is 17.9 Å². The fourth-order valence-electron chi connectivity index (χ4n) is 1.06. The molecule has 1 aromatic rings. The van der Waals surface area contributed by atoms with Crippen molar-refractivity contribution in [2.45, 2.75) is 13.3 Å². The summed E-state index contributed by atoms with van der Waals surface area (Å²) in [7, 11) is 1.40. The third-order valence-corrected chi connectivity index (χ3v) is 1.90. The van der Waals surface area contributed by atoms with E-state index in [4.69, 9.17) is 9.84 Å². The zero-order valence-electron chi connectivity index (χ0n) is 8.48. The van der Waals surface area contributed by atoms with Gasteiger partial charge in [-0.3, -0.25) is 9.59 Å². The molecular weight excluding hydrogens is 200 g/mol. The Morgan fingerprint density at radius 1 is 1.73 bits per heavy atom. The van der Waals surface area contributed by atoms with E-state index in [0.29, 0.717) is 5.82 Å². The van der Waals surface area contributed by atoms with E-state index in [9.17, 15) is 9.59 Å². The molecule has 6 heteroatoms. The number of hydrogen-bond donors (Lipinski definition) is 2. The molecule has 0 radical (unpaired) electrons. The maximum absolute atomic E-state index is 11.1. The molecule has 0 bridgehead atoms. The normalized spacial score (nSPS) is 12.1. The molecule has 0 spiro atoms. The molecular formula is C9H12N2O4. The van der Waals surface area contributed by atoms with Gasteiger partial charge in [-0.05, 0) is 0 Å². The number of hydrogen-bond acceptors (Lipinski definition) is 4. The van der Waals surface area contributed by atoms with E-state index in [1.165, 1.54) is 13.2 Å². The summed E-state index contributed by atoms with van der Waals surface area (Å²) in [5, 5.41) is 8.69. The highest BCUT2D eigenvalue weighted by Gasteiger charge is 2.13. The second kappa shape index (κ2) is 4.59. The summed E-state index contributed by atoms with van der Waals surface area (Å²) in [6.45, 7) is 1.54. The largest absolute Gasteiger partial charge is 0.481 e. The van der Waals surface area contributed by atoms with Gasteiger partial charge in [0.25, 0.3) is 5.56 Å². The van der Waals surface area contributed by atoms with Crippen LogP contribution in [0, 0.1) is 5.92 Å². The average Bonchev–Trinajstić information content (AvgIpc) is 2.16. The summed E-state index contributed by atoms with van der Waals surface area (Å²) in [5.41, 5.74) is -0.352. The van der Waals surface area contributed by atoms with Gasteiger partial charge in [0.1, 0.15) is 5.82 Å². The van der Waals surface area contributed by atoms with Crippen molar-refractivity contribution in [3.05, 3.63) is 22.2 Å². The lowest BCUT2D eigenvalue weighted by molar-refractivity contribution is -0.141. The molecule has 0 aliphatic heterocycles. The van der Waals surface area contributed by atoms with Crippen LogP contribution in [-0.2, 0) is 11.2 Å². The first-order valence-corrected chi connectivity index (χ1v) is 4.40. The minimum Gasteiger partial charge on any atom is -0.481 e. The van der Waals surface area contributed by atoms with Crippen LogP contribution in [0.5, 0.6) is 5.88 Å². The second-order valence-corrected chi connectivity index (χ2v) is 3.18. The standard InChI is InChI=1S/C9H12N2O4/c1-5(9(13)14)3-6-10-7(12)4-8(11-6)15-2/h4-5H,3H2,1-2H3,(H,13,14)(H,10,11,12). The van der Waals surface area contributed by atoms with Gasteiger partial charge < -0.3 is 14.8 Å². The Balaban J connectivity index is 2.90. The number of aromatic amines is 1. The first-order chi connectivity index (χ1) is 7.02. The lowest BCUT2D eigenvalue weighted by atomic mass is 10.1. The quantitative estimate of drug-likeness (QED) is 0.735. The first kappa shape index (κ1) is 11.2. The van der Waals surface area contributed by atoms with Gasteiger partial charge >= 0.3 is 5.97 Å². The van der Waals surface area contributed by atoms with Crippen LogP contribution >= 0.6 is 0 Å². The lowest BCUT2D eigenvalue weighted by Crippen LogP contribution is -2.18. The van der Waals surface area contributed by atoms with Gasteiger partial charge in [0.05, 0.1) is 19.1 Å². The van der Waals surface area contributed by atoms with Gasteiger partial charge in [0, 0.05) is 6.42 Å². The van der Waals surface area contributed by atoms with Crippen LogP contribution < -0.4 is 10.3 Å². The number of nitrogens with one attached hydrogen (secondary N) is 1. The van der Waals surface area contributed by atoms with Crippen LogP contribution in [0.1, 0.15) is 12.7 Å². The number of carbonyl (C=O) groups is 1. The van der Waals surface area contributed by atoms with E-state index in [2.05, 4.69) is 9.97 Å². The van der Waals surface area contributed by atoms with Crippen molar-refractivity contribution in [1.29, 1.82) is 0 Å². The molecule has 0 amide bonds. The van der Waals surface area contributed by atoms with E-state index in [1.54, 1.807) is 6.92 Å². The van der Waals surface area contributed by atoms with E-state index in [0.717, 1.165) is 0 Å². The molecule has 1 rings (SSSR count). The first-order valence-electron chi connectivity index (χ1n) is 4.40. The summed E-state index contributed by atoms with van der Waals surface area (Å²) in [6, 6.07) is 1.20. The van der Waals surface area contributed by atoms with Crippen LogP contribution in [0.25, 0.3) is 0 Å². The van der Waals surface area contributed by atoms with Gasteiger partial charge in [-0.25, -0.2) is 4.98 Å². The summed E-state index contributed by atoms with van der Waals surface area (Å²) in [5.74, 6) is -1.03. The number of methoxy groups -OCH3 is 1. The highest BCUT2D eigenvalue weighted by molar-refractivity contribution is 5.69. The van der Waals surface area contributed by atoms with Gasteiger partial charge in [-0.15, -0.1) is 0 Å².